The highest BCUT2D eigenvalue weighted by Gasteiger charge is 2.19. The molecule has 5 rings (SSSR count). The van der Waals surface area contributed by atoms with E-state index in [0.717, 1.165) is 22.4 Å². The van der Waals surface area contributed by atoms with Crippen molar-refractivity contribution >= 4 is 39.1 Å². The van der Waals surface area contributed by atoms with E-state index in [1.54, 1.807) is 10.6 Å². The fourth-order valence-electron chi connectivity index (χ4n) is 3.61. The molecule has 0 saturated heterocycles. The molecule has 3 aromatic heterocycles. The molecule has 0 unspecified atom stereocenters. The molecule has 6 nitrogen and oxygen atoms in total. The summed E-state index contributed by atoms with van der Waals surface area (Å²) >= 11 is 2.85. The Balaban J connectivity index is 1.60. The molecule has 0 aliphatic heterocycles. The third-order valence-corrected chi connectivity index (χ3v) is 6.93. The molecule has 0 amide bonds. The largest absolute Gasteiger partial charge is 0.494 e. The molecule has 0 radical (unpaired) electrons. The van der Waals surface area contributed by atoms with Crippen molar-refractivity contribution in [3.8, 4) is 5.75 Å². The number of ether oxygens (including phenoxy) is 1. The predicted octanol–water partition coefficient (Wildman–Crippen LogP) is 4.98. The smallest absolute Gasteiger partial charge is 0.273 e. The number of hydrogen-bond donors (Lipinski definition) is 0. The first-order valence-electron chi connectivity index (χ1n) is 10.1. The molecule has 0 atom stereocenters. The highest BCUT2D eigenvalue weighted by Crippen LogP contribution is 2.27. The summed E-state index contributed by atoms with van der Waals surface area (Å²) in [5.41, 5.74) is 2.41. The quantitative estimate of drug-likeness (QED) is 0.317. The highest BCUT2D eigenvalue weighted by molar-refractivity contribution is 7.98. The van der Waals surface area contributed by atoms with Gasteiger partial charge in [-0.05, 0) is 42.1 Å². The van der Waals surface area contributed by atoms with Crippen LogP contribution in [0.2, 0.25) is 0 Å². The maximum absolute atomic E-state index is 13.6. The fourth-order valence-corrected chi connectivity index (χ4v) is 5.32. The molecule has 0 bridgehead atoms. The second-order valence-corrected chi connectivity index (χ2v) is 8.96. The summed E-state index contributed by atoms with van der Waals surface area (Å²) in [6.07, 6.45) is 0. The summed E-state index contributed by atoms with van der Waals surface area (Å²) in [6.45, 7) is 2.79. The standard InChI is InChI=1S/C23H19FN4O2S2/c1-2-30-19-9-4-3-7-16(19)13-27-21(29)20-18(10-11-31-20)28-22(27)25-26-23(28)32-14-15-6-5-8-17(24)12-15/h3-12H,2,13-14H2,1H3. The van der Waals surface area contributed by atoms with E-state index >= 15 is 0 Å². The van der Waals surface area contributed by atoms with Crippen molar-refractivity contribution in [1.29, 1.82) is 0 Å². The molecule has 32 heavy (non-hydrogen) atoms. The zero-order valence-electron chi connectivity index (χ0n) is 17.2. The Kier molecular flexibility index (Phi) is 5.67. The molecular weight excluding hydrogens is 447 g/mol. The zero-order chi connectivity index (χ0) is 22.1. The SMILES string of the molecule is CCOc1ccccc1Cn1c(=O)c2sccc2n2c(SCc3cccc(F)c3)nnc12. The van der Waals surface area contributed by atoms with E-state index in [4.69, 9.17) is 4.74 Å². The number of para-hydroxylation sites is 1. The van der Waals surface area contributed by atoms with Crippen LogP contribution >= 0.6 is 23.1 Å². The van der Waals surface area contributed by atoms with E-state index < -0.39 is 0 Å². The second-order valence-electron chi connectivity index (χ2n) is 7.10. The Morgan fingerprint density at radius 1 is 1.12 bits per heavy atom. The molecule has 5 aromatic rings. The zero-order valence-corrected chi connectivity index (χ0v) is 18.8. The van der Waals surface area contributed by atoms with Crippen LogP contribution in [0.25, 0.3) is 16.0 Å². The van der Waals surface area contributed by atoms with Crippen LogP contribution in [0.5, 0.6) is 5.75 Å². The lowest BCUT2D eigenvalue weighted by Crippen LogP contribution is -2.23. The van der Waals surface area contributed by atoms with Gasteiger partial charge in [0.15, 0.2) is 5.16 Å². The average molecular weight is 467 g/mol. The van der Waals surface area contributed by atoms with E-state index in [9.17, 15) is 9.18 Å². The third kappa shape index (κ3) is 3.78. The van der Waals surface area contributed by atoms with Gasteiger partial charge in [-0.3, -0.25) is 13.8 Å². The number of rotatable bonds is 7. The van der Waals surface area contributed by atoms with Gasteiger partial charge in [-0.25, -0.2) is 4.39 Å². The van der Waals surface area contributed by atoms with E-state index in [1.807, 2.05) is 53.1 Å². The van der Waals surface area contributed by atoms with Gasteiger partial charge < -0.3 is 4.74 Å². The van der Waals surface area contributed by atoms with Crippen LogP contribution in [-0.2, 0) is 12.3 Å². The average Bonchev–Trinajstić information content (AvgIpc) is 3.44. The summed E-state index contributed by atoms with van der Waals surface area (Å²) in [7, 11) is 0. The molecule has 0 aliphatic carbocycles. The van der Waals surface area contributed by atoms with Crippen LogP contribution in [0.3, 0.4) is 0 Å². The van der Waals surface area contributed by atoms with Gasteiger partial charge in [0.2, 0.25) is 5.78 Å². The van der Waals surface area contributed by atoms with E-state index in [2.05, 4.69) is 10.2 Å². The highest BCUT2D eigenvalue weighted by atomic mass is 32.2. The number of aromatic nitrogens is 4. The predicted molar refractivity (Wildman–Crippen MR) is 125 cm³/mol. The van der Waals surface area contributed by atoms with Gasteiger partial charge in [-0.15, -0.1) is 21.5 Å². The topological polar surface area (TPSA) is 61.4 Å². The molecule has 9 heteroatoms. The molecule has 0 aliphatic rings. The van der Waals surface area contributed by atoms with Crippen LogP contribution in [0.4, 0.5) is 4.39 Å². The summed E-state index contributed by atoms with van der Waals surface area (Å²) in [5.74, 6) is 1.48. The van der Waals surface area contributed by atoms with Crippen LogP contribution < -0.4 is 10.3 Å². The van der Waals surface area contributed by atoms with Crippen LogP contribution in [-0.4, -0.2) is 25.8 Å². The van der Waals surface area contributed by atoms with Gasteiger partial charge in [0.05, 0.1) is 18.7 Å². The third-order valence-electron chi connectivity index (χ3n) is 5.04. The summed E-state index contributed by atoms with van der Waals surface area (Å²) in [5, 5.41) is 11.3. The van der Waals surface area contributed by atoms with Crippen molar-refractivity contribution in [3.63, 3.8) is 0 Å². The van der Waals surface area contributed by atoms with Gasteiger partial charge in [0.25, 0.3) is 5.56 Å². The lowest BCUT2D eigenvalue weighted by atomic mass is 10.2. The molecule has 3 heterocycles. The van der Waals surface area contributed by atoms with Gasteiger partial charge in [-0.2, -0.15) is 0 Å². The summed E-state index contributed by atoms with van der Waals surface area (Å²) < 4.78 is 23.5. The van der Waals surface area contributed by atoms with Crippen LogP contribution in [0, 0.1) is 5.82 Å². The van der Waals surface area contributed by atoms with Gasteiger partial charge >= 0.3 is 0 Å². The van der Waals surface area contributed by atoms with Crippen molar-refractivity contribution in [1.82, 2.24) is 19.2 Å². The lowest BCUT2D eigenvalue weighted by Gasteiger charge is -2.13. The van der Waals surface area contributed by atoms with E-state index in [0.29, 0.717) is 34.5 Å². The van der Waals surface area contributed by atoms with Gasteiger partial charge in [0.1, 0.15) is 16.3 Å². The number of benzene rings is 2. The lowest BCUT2D eigenvalue weighted by molar-refractivity contribution is 0.336. The molecule has 0 fully saturated rings. The molecular formula is C23H19FN4O2S2. The van der Waals surface area contributed by atoms with Crippen molar-refractivity contribution in [2.75, 3.05) is 6.61 Å². The second kappa shape index (κ2) is 8.76. The molecule has 0 saturated carbocycles. The van der Waals surface area contributed by atoms with Crippen molar-refractivity contribution in [2.45, 2.75) is 24.4 Å². The Hall–Kier alpha value is -3.17. The van der Waals surface area contributed by atoms with Crippen molar-refractivity contribution < 1.29 is 9.13 Å². The molecule has 0 spiro atoms. The number of nitrogens with zero attached hydrogens (tertiary/aromatic N) is 4. The Labute approximate surface area is 191 Å². The normalized spacial score (nSPS) is 11.4. The molecule has 0 N–H and O–H groups in total. The Morgan fingerprint density at radius 2 is 2.00 bits per heavy atom. The van der Waals surface area contributed by atoms with Crippen LogP contribution in [0.15, 0.2) is 69.9 Å². The number of hydrogen-bond acceptors (Lipinski definition) is 6. The first-order valence-corrected chi connectivity index (χ1v) is 12.0. The van der Waals surface area contributed by atoms with E-state index in [1.165, 1.54) is 35.2 Å². The van der Waals surface area contributed by atoms with Crippen molar-refractivity contribution in [3.05, 3.63) is 87.3 Å². The summed E-state index contributed by atoms with van der Waals surface area (Å²) in [4.78, 5) is 13.3. The van der Waals surface area contributed by atoms with Crippen LogP contribution in [0.1, 0.15) is 18.1 Å². The van der Waals surface area contributed by atoms with Crippen molar-refractivity contribution in [2.24, 2.45) is 0 Å². The maximum Gasteiger partial charge on any atom is 0.273 e. The molecule has 2 aromatic carbocycles. The minimum Gasteiger partial charge on any atom is -0.494 e. The number of halogens is 1. The Morgan fingerprint density at radius 3 is 2.84 bits per heavy atom. The minimum absolute atomic E-state index is 0.108. The minimum atomic E-state index is -0.267. The summed E-state index contributed by atoms with van der Waals surface area (Å²) in [6, 6.07) is 16.1. The fraction of sp³-hybridized carbons (Fsp3) is 0.174. The number of fused-ring (bicyclic) bond motifs is 3. The van der Waals surface area contributed by atoms with Gasteiger partial charge in [-0.1, -0.05) is 42.1 Å². The first-order chi connectivity index (χ1) is 15.7. The monoisotopic (exact) mass is 466 g/mol. The maximum atomic E-state index is 13.6. The van der Waals surface area contributed by atoms with Gasteiger partial charge in [0, 0.05) is 11.3 Å². The molecule has 162 valence electrons. The Bertz CT molecular complexity index is 1470. The first kappa shape index (κ1) is 20.7. The van der Waals surface area contributed by atoms with E-state index in [-0.39, 0.29) is 11.4 Å². The number of thiophene rings is 1. The number of thioether (sulfide) groups is 1.